The van der Waals surface area contributed by atoms with E-state index in [0.717, 1.165) is 22.5 Å². The van der Waals surface area contributed by atoms with Crippen molar-refractivity contribution in [2.75, 3.05) is 18.4 Å². The standard InChI is InChI=1S/C20H20F4N2O4S/c1-2-11-10-26(6-5-17(11)27)31(29,30)18-7-12(3-4-14(18)21)20(28)25-13-8-15(22)19(24)16(23)9-13/h3-4,7-9,11,17,27H,2,5-6,10H2,1H3,(H,25,28). The summed E-state index contributed by atoms with van der Waals surface area (Å²) < 4.78 is 81.1. The number of aliphatic hydroxyl groups excluding tert-OH is 1. The van der Waals surface area contributed by atoms with Gasteiger partial charge in [-0.3, -0.25) is 4.79 Å². The first-order chi connectivity index (χ1) is 14.5. The van der Waals surface area contributed by atoms with Crippen molar-refractivity contribution in [2.24, 2.45) is 5.92 Å². The Hall–Kier alpha value is -2.50. The zero-order chi connectivity index (χ0) is 22.9. The highest BCUT2D eigenvalue weighted by atomic mass is 32.2. The van der Waals surface area contributed by atoms with Crippen LogP contribution in [0.25, 0.3) is 0 Å². The summed E-state index contributed by atoms with van der Waals surface area (Å²) in [5.74, 6) is -7.09. The molecule has 168 valence electrons. The SMILES string of the molecule is CCC1CN(S(=O)(=O)c2cc(C(=O)Nc3cc(F)c(F)c(F)c3)ccc2F)CCC1O. The van der Waals surface area contributed by atoms with Gasteiger partial charge in [0.2, 0.25) is 10.0 Å². The summed E-state index contributed by atoms with van der Waals surface area (Å²) in [7, 11) is -4.31. The van der Waals surface area contributed by atoms with Gasteiger partial charge in [-0.25, -0.2) is 26.0 Å². The number of amides is 1. The van der Waals surface area contributed by atoms with E-state index in [0.29, 0.717) is 18.6 Å². The van der Waals surface area contributed by atoms with Crippen LogP contribution < -0.4 is 5.32 Å². The molecule has 0 saturated carbocycles. The van der Waals surface area contributed by atoms with Crippen LogP contribution in [0.15, 0.2) is 35.2 Å². The topological polar surface area (TPSA) is 86.7 Å². The molecule has 0 spiro atoms. The molecule has 31 heavy (non-hydrogen) atoms. The average molecular weight is 460 g/mol. The van der Waals surface area contributed by atoms with Gasteiger partial charge in [-0.1, -0.05) is 6.92 Å². The molecule has 2 N–H and O–H groups in total. The maximum Gasteiger partial charge on any atom is 0.255 e. The van der Waals surface area contributed by atoms with Crippen LogP contribution in [0, 0.1) is 29.2 Å². The number of nitrogens with one attached hydrogen (secondary N) is 1. The lowest BCUT2D eigenvalue weighted by atomic mass is 9.94. The Morgan fingerprint density at radius 2 is 1.77 bits per heavy atom. The highest BCUT2D eigenvalue weighted by molar-refractivity contribution is 7.89. The summed E-state index contributed by atoms with van der Waals surface area (Å²) >= 11 is 0. The molecule has 0 radical (unpaired) electrons. The lowest BCUT2D eigenvalue weighted by Gasteiger charge is -2.35. The van der Waals surface area contributed by atoms with Gasteiger partial charge in [-0.15, -0.1) is 0 Å². The minimum Gasteiger partial charge on any atom is -0.393 e. The zero-order valence-electron chi connectivity index (χ0n) is 16.4. The number of rotatable bonds is 5. The zero-order valence-corrected chi connectivity index (χ0v) is 17.2. The summed E-state index contributed by atoms with van der Waals surface area (Å²) in [6, 6.07) is 3.74. The number of piperidine rings is 1. The minimum absolute atomic E-state index is 0.00397. The number of nitrogens with zero attached hydrogens (tertiary/aromatic N) is 1. The maximum atomic E-state index is 14.4. The summed E-state index contributed by atoms with van der Waals surface area (Å²) in [5, 5.41) is 12.1. The number of hydrogen-bond acceptors (Lipinski definition) is 4. The van der Waals surface area contributed by atoms with Gasteiger partial charge in [0.15, 0.2) is 17.5 Å². The highest BCUT2D eigenvalue weighted by Crippen LogP contribution is 2.28. The van der Waals surface area contributed by atoms with E-state index in [9.17, 15) is 35.9 Å². The van der Waals surface area contributed by atoms with Crippen molar-refractivity contribution in [2.45, 2.75) is 30.8 Å². The van der Waals surface area contributed by atoms with Gasteiger partial charge in [0.1, 0.15) is 10.7 Å². The van der Waals surface area contributed by atoms with Gasteiger partial charge in [-0.05, 0) is 37.0 Å². The van der Waals surface area contributed by atoms with E-state index in [-0.39, 0.29) is 31.0 Å². The van der Waals surface area contributed by atoms with Crippen molar-refractivity contribution in [1.82, 2.24) is 4.31 Å². The summed E-state index contributed by atoms with van der Waals surface area (Å²) in [4.78, 5) is 11.7. The van der Waals surface area contributed by atoms with Gasteiger partial charge < -0.3 is 10.4 Å². The summed E-state index contributed by atoms with van der Waals surface area (Å²) in [6.45, 7) is 1.80. The second-order valence-corrected chi connectivity index (χ2v) is 9.15. The number of halogens is 4. The molecule has 6 nitrogen and oxygen atoms in total. The first kappa shape index (κ1) is 23.2. The van der Waals surface area contributed by atoms with E-state index in [1.54, 1.807) is 6.92 Å². The fourth-order valence-electron chi connectivity index (χ4n) is 3.42. The van der Waals surface area contributed by atoms with E-state index >= 15 is 0 Å². The van der Waals surface area contributed by atoms with Crippen LogP contribution in [0.4, 0.5) is 23.2 Å². The van der Waals surface area contributed by atoms with E-state index in [1.165, 1.54) is 0 Å². The van der Waals surface area contributed by atoms with Gasteiger partial charge in [0, 0.05) is 36.5 Å². The minimum atomic E-state index is -4.31. The highest BCUT2D eigenvalue weighted by Gasteiger charge is 2.35. The average Bonchev–Trinajstić information content (AvgIpc) is 2.72. The second kappa shape index (κ2) is 8.93. The maximum absolute atomic E-state index is 14.4. The largest absolute Gasteiger partial charge is 0.393 e. The van der Waals surface area contributed by atoms with Crippen LogP contribution in [0.2, 0.25) is 0 Å². The molecule has 0 aliphatic carbocycles. The van der Waals surface area contributed by atoms with Gasteiger partial charge in [0.05, 0.1) is 6.10 Å². The third-order valence-corrected chi connectivity index (χ3v) is 7.11. The predicted molar refractivity (Wildman–Crippen MR) is 104 cm³/mol. The number of hydrogen-bond donors (Lipinski definition) is 2. The van der Waals surface area contributed by atoms with Crippen molar-refractivity contribution in [3.8, 4) is 0 Å². The van der Waals surface area contributed by atoms with Crippen molar-refractivity contribution < 1.29 is 35.9 Å². The first-order valence-electron chi connectivity index (χ1n) is 9.48. The Morgan fingerprint density at radius 3 is 2.39 bits per heavy atom. The molecule has 1 aliphatic heterocycles. The smallest absolute Gasteiger partial charge is 0.255 e. The molecular weight excluding hydrogens is 440 g/mol. The fraction of sp³-hybridized carbons (Fsp3) is 0.350. The van der Waals surface area contributed by atoms with Crippen LogP contribution in [0.3, 0.4) is 0 Å². The molecule has 0 aromatic heterocycles. The number of carbonyl (C=O) groups is 1. The van der Waals surface area contributed by atoms with Crippen molar-refractivity contribution >= 4 is 21.6 Å². The van der Waals surface area contributed by atoms with Crippen LogP contribution in [0.5, 0.6) is 0 Å². The number of carbonyl (C=O) groups excluding carboxylic acids is 1. The van der Waals surface area contributed by atoms with Gasteiger partial charge in [-0.2, -0.15) is 4.31 Å². The monoisotopic (exact) mass is 460 g/mol. The molecule has 2 atom stereocenters. The molecule has 1 heterocycles. The normalized spacial score (nSPS) is 19.9. The third-order valence-electron chi connectivity index (χ3n) is 5.23. The molecule has 11 heteroatoms. The van der Waals surface area contributed by atoms with E-state index in [2.05, 4.69) is 5.32 Å². The Balaban J connectivity index is 1.88. The summed E-state index contributed by atoms with van der Waals surface area (Å²) in [6.07, 6.45) is 0.0688. The van der Waals surface area contributed by atoms with Crippen molar-refractivity contribution in [3.63, 3.8) is 0 Å². The first-order valence-corrected chi connectivity index (χ1v) is 10.9. The van der Waals surface area contributed by atoms with Crippen LogP contribution >= 0.6 is 0 Å². The van der Waals surface area contributed by atoms with Crippen LogP contribution in [0.1, 0.15) is 30.1 Å². The number of anilines is 1. The molecule has 2 aromatic rings. The molecule has 1 fully saturated rings. The third kappa shape index (κ3) is 4.73. The van der Waals surface area contributed by atoms with Crippen LogP contribution in [-0.4, -0.2) is 42.9 Å². The van der Waals surface area contributed by atoms with Crippen LogP contribution in [-0.2, 0) is 10.0 Å². The van der Waals surface area contributed by atoms with E-state index < -0.39 is 55.9 Å². The molecular formula is C20H20F4N2O4S. The van der Waals surface area contributed by atoms with Crippen molar-refractivity contribution in [3.05, 3.63) is 59.2 Å². The Labute approximate surface area is 176 Å². The quantitative estimate of drug-likeness (QED) is 0.530. The molecule has 1 amide bonds. The molecule has 1 saturated heterocycles. The van der Waals surface area contributed by atoms with Crippen molar-refractivity contribution in [1.29, 1.82) is 0 Å². The number of benzene rings is 2. The Bertz CT molecular complexity index is 1090. The second-order valence-electron chi connectivity index (χ2n) is 7.24. The molecule has 0 bridgehead atoms. The van der Waals surface area contributed by atoms with E-state index in [1.807, 2.05) is 0 Å². The summed E-state index contributed by atoms with van der Waals surface area (Å²) in [5.41, 5.74) is -0.680. The lowest BCUT2D eigenvalue weighted by molar-refractivity contribution is 0.0520. The predicted octanol–water partition coefficient (Wildman–Crippen LogP) is 3.28. The number of aliphatic hydroxyl groups is 1. The van der Waals surface area contributed by atoms with Gasteiger partial charge in [0.25, 0.3) is 5.91 Å². The molecule has 2 unspecified atom stereocenters. The Morgan fingerprint density at radius 1 is 1.13 bits per heavy atom. The molecule has 1 aliphatic rings. The fourth-order valence-corrected chi connectivity index (χ4v) is 5.02. The Kier molecular flexibility index (Phi) is 6.68. The van der Waals surface area contributed by atoms with E-state index in [4.69, 9.17) is 0 Å². The van der Waals surface area contributed by atoms with Gasteiger partial charge >= 0.3 is 0 Å². The molecule has 2 aromatic carbocycles. The lowest BCUT2D eigenvalue weighted by Crippen LogP contribution is -2.45. The number of sulfonamides is 1. The molecule has 3 rings (SSSR count).